The van der Waals surface area contributed by atoms with E-state index < -0.39 is 4.92 Å². The fourth-order valence-electron chi connectivity index (χ4n) is 1.37. The topological polar surface area (TPSA) is 103 Å². The molecule has 0 saturated heterocycles. The Morgan fingerprint density at radius 2 is 2.28 bits per heavy atom. The van der Waals surface area contributed by atoms with Gasteiger partial charge in [-0.3, -0.25) is 10.1 Å². The van der Waals surface area contributed by atoms with E-state index in [0.29, 0.717) is 13.2 Å². The van der Waals surface area contributed by atoms with Crippen LogP contribution < -0.4 is 11.1 Å². The Balaban J connectivity index is 2.45. The minimum Gasteiger partial charge on any atom is -0.384 e. The zero-order valence-electron chi connectivity index (χ0n) is 10.4. The van der Waals surface area contributed by atoms with Crippen LogP contribution in [-0.4, -0.2) is 29.7 Å². The molecule has 0 radical (unpaired) electrons. The van der Waals surface area contributed by atoms with Gasteiger partial charge in [0.2, 0.25) is 5.82 Å². The minimum absolute atomic E-state index is 0.0707. The number of nitrogens with one attached hydrogen (secondary N) is 1. The number of nitrogens with zero attached hydrogens (tertiary/aromatic N) is 2. The summed E-state index contributed by atoms with van der Waals surface area (Å²) in [5.74, 6) is 0.459. The molecule has 0 amide bonds. The van der Waals surface area contributed by atoms with Crippen LogP contribution in [0.4, 0.5) is 17.3 Å². The minimum atomic E-state index is -0.484. The lowest BCUT2D eigenvalue weighted by atomic mass is 10.3. The SMILES string of the molecule is CCCOCCCNc1nc(N)ccc1[N+](=O)[O-]. The van der Waals surface area contributed by atoms with Crippen LogP contribution in [-0.2, 0) is 4.74 Å². The van der Waals surface area contributed by atoms with E-state index in [-0.39, 0.29) is 17.3 Å². The van der Waals surface area contributed by atoms with Gasteiger partial charge in [0.05, 0.1) is 4.92 Å². The number of anilines is 2. The first-order chi connectivity index (χ1) is 8.65. The highest BCUT2D eigenvalue weighted by molar-refractivity contribution is 5.59. The Kier molecular flexibility index (Phi) is 5.86. The molecule has 1 aromatic heterocycles. The highest BCUT2D eigenvalue weighted by atomic mass is 16.6. The van der Waals surface area contributed by atoms with Crippen LogP contribution in [0.15, 0.2) is 12.1 Å². The molecule has 0 aliphatic heterocycles. The van der Waals surface area contributed by atoms with Crippen LogP contribution in [0.3, 0.4) is 0 Å². The third-order valence-corrected chi connectivity index (χ3v) is 2.20. The molecule has 0 atom stereocenters. The van der Waals surface area contributed by atoms with Crippen LogP contribution in [0.25, 0.3) is 0 Å². The van der Waals surface area contributed by atoms with Crippen molar-refractivity contribution in [3.05, 3.63) is 22.2 Å². The number of aromatic nitrogens is 1. The number of ether oxygens (including phenoxy) is 1. The van der Waals surface area contributed by atoms with Crippen LogP contribution in [0, 0.1) is 10.1 Å². The predicted molar refractivity (Wildman–Crippen MR) is 69.5 cm³/mol. The van der Waals surface area contributed by atoms with Gasteiger partial charge in [-0.25, -0.2) is 4.98 Å². The quantitative estimate of drug-likeness (QED) is 0.416. The molecule has 0 saturated carbocycles. The first-order valence-corrected chi connectivity index (χ1v) is 5.87. The molecule has 0 bridgehead atoms. The summed E-state index contributed by atoms with van der Waals surface area (Å²) in [6.45, 7) is 3.95. The second kappa shape index (κ2) is 7.44. The lowest BCUT2D eigenvalue weighted by molar-refractivity contribution is -0.384. The summed E-state index contributed by atoms with van der Waals surface area (Å²) in [6, 6.07) is 2.76. The molecule has 0 aromatic carbocycles. The van der Waals surface area contributed by atoms with Crippen molar-refractivity contribution in [2.45, 2.75) is 19.8 Å². The summed E-state index contributed by atoms with van der Waals surface area (Å²) in [5, 5.41) is 13.7. The summed E-state index contributed by atoms with van der Waals surface area (Å²) >= 11 is 0. The van der Waals surface area contributed by atoms with Crippen molar-refractivity contribution >= 4 is 17.3 Å². The van der Waals surface area contributed by atoms with Crippen molar-refractivity contribution in [2.75, 3.05) is 30.8 Å². The lowest BCUT2D eigenvalue weighted by Crippen LogP contribution is -2.09. The van der Waals surface area contributed by atoms with Crippen LogP contribution in [0.5, 0.6) is 0 Å². The molecule has 0 unspecified atom stereocenters. The van der Waals surface area contributed by atoms with E-state index in [0.717, 1.165) is 19.4 Å². The predicted octanol–water partition coefficient (Wildman–Crippen LogP) is 1.80. The molecule has 3 N–H and O–H groups in total. The summed E-state index contributed by atoms with van der Waals surface area (Å²) < 4.78 is 5.30. The molecule has 7 heteroatoms. The monoisotopic (exact) mass is 254 g/mol. The van der Waals surface area contributed by atoms with Crippen molar-refractivity contribution in [3.63, 3.8) is 0 Å². The number of nitro groups is 1. The van der Waals surface area contributed by atoms with Crippen molar-refractivity contribution in [1.82, 2.24) is 4.98 Å². The van der Waals surface area contributed by atoms with Crippen LogP contribution >= 0.6 is 0 Å². The van der Waals surface area contributed by atoms with E-state index in [9.17, 15) is 10.1 Å². The normalized spacial score (nSPS) is 10.3. The fourth-order valence-corrected chi connectivity index (χ4v) is 1.37. The number of nitrogen functional groups attached to an aromatic ring is 1. The second-order valence-corrected chi connectivity index (χ2v) is 3.75. The molecular weight excluding hydrogens is 236 g/mol. The largest absolute Gasteiger partial charge is 0.384 e. The maximum absolute atomic E-state index is 10.8. The number of rotatable bonds is 8. The third-order valence-electron chi connectivity index (χ3n) is 2.20. The Labute approximate surface area is 105 Å². The molecule has 1 aromatic rings. The first-order valence-electron chi connectivity index (χ1n) is 5.87. The maximum Gasteiger partial charge on any atom is 0.311 e. The van der Waals surface area contributed by atoms with E-state index in [2.05, 4.69) is 10.3 Å². The van der Waals surface area contributed by atoms with Gasteiger partial charge in [0, 0.05) is 25.8 Å². The summed E-state index contributed by atoms with van der Waals surface area (Å²) in [7, 11) is 0. The van der Waals surface area contributed by atoms with E-state index in [4.69, 9.17) is 10.5 Å². The van der Waals surface area contributed by atoms with Crippen molar-refractivity contribution < 1.29 is 9.66 Å². The molecule has 0 spiro atoms. The molecule has 1 heterocycles. The Hall–Kier alpha value is -1.89. The van der Waals surface area contributed by atoms with Crippen molar-refractivity contribution in [3.8, 4) is 0 Å². The summed E-state index contributed by atoms with van der Waals surface area (Å²) in [5.41, 5.74) is 5.43. The number of hydrogen-bond donors (Lipinski definition) is 2. The van der Waals surface area contributed by atoms with Gasteiger partial charge in [-0.05, 0) is 18.9 Å². The van der Waals surface area contributed by atoms with Gasteiger partial charge in [0.1, 0.15) is 5.82 Å². The van der Waals surface area contributed by atoms with E-state index in [1.165, 1.54) is 12.1 Å². The average Bonchev–Trinajstić information content (AvgIpc) is 2.33. The molecule has 100 valence electrons. The lowest BCUT2D eigenvalue weighted by Gasteiger charge is -2.07. The molecule has 0 aliphatic carbocycles. The van der Waals surface area contributed by atoms with Gasteiger partial charge >= 0.3 is 5.69 Å². The summed E-state index contributed by atoms with van der Waals surface area (Å²) in [4.78, 5) is 14.2. The standard InChI is InChI=1S/C11H18N4O3/c1-2-7-18-8-3-6-13-11-9(15(16)17)4-5-10(12)14-11/h4-5H,2-3,6-8H2,1H3,(H3,12,13,14). The second-order valence-electron chi connectivity index (χ2n) is 3.75. The van der Waals surface area contributed by atoms with E-state index in [1.54, 1.807) is 0 Å². The van der Waals surface area contributed by atoms with Gasteiger partial charge in [-0.1, -0.05) is 6.92 Å². The zero-order valence-corrected chi connectivity index (χ0v) is 10.4. The third kappa shape index (κ3) is 4.54. The molecule has 7 nitrogen and oxygen atoms in total. The van der Waals surface area contributed by atoms with E-state index >= 15 is 0 Å². The maximum atomic E-state index is 10.8. The molecule has 18 heavy (non-hydrogen) atoms. The number of hydrogen-bond acceptors (Lipinski definition) is 6. The number of pyridine rings is 1. The molecule has 0 fully saturated rings. The van der Waals surface area contributed by atoms with Gasteiger partial charge in [0.15, 0.2) is 0 Å². The fraction of sp³-hybridized carbons (Fsp3) is 0.545. The Morgan fingerprint density at radius 3 is 2.94 bits per heavy atom. The highest BCUT2D eigenvalue weighted by Crippen LogP contribution is 2.22. The van der Waals surface area contributed by atoms with Crippen molar-refractivity contribution in [1.29, 1.82) is 0 Å². The Morgan fingerprint density at radius 1 is 1.50 bits per heavy atom. The average molecular weight is 254 g/mol. The Bertz CT molecular complexity index is 398. The van der Waals surface area contributed by atoms with Crippen molar-refractivity contribution in [2.24, 2.45) is 0 Å². The van der Waals surface area contributed by atoms with Gasteiger partial charge in [-0.15, -0.1) is 0 Å². The van der Waals surface area contributed by atoms with Crippen LogP contribution in [0.2, 0.25) is 0 Å². The molecule has 1 rings (SSSR count). The van der Waals surface area contributed by atoms with Gasteiger partial charge in [-0.2, -0.15) is 0 Å². The van der Waals surface area contributed by atoms with E-state index in [1.807, 2.05) is 6.92 Å². The summed E-state index contributed by atoms with van der Waals surface area (Å²) in [6.07, 6.45) is 1.74. The smallest absolute Gasteiger partial charge is 0.311 e. The van der Waals surface area contributed by atoms with Gasteiger partial charge < -0.3 is 15.8 Å². The highest BCUT2D eigenvalue weighted by Gasteiger charge is 2.14. The molecule has 0 aliphatic rings. The molecular formula is C11H18N4O3. The zero-order chi connectivity index (χ0) is 13.4. The number of nitrogens with two attached hydrogens (primary N) is 1. The van der Waals surface area contributed by atoms with Crippen LogP contribution in [0.1, 0.15) is 19.8 Å². The van der Waals surface area contributed by atoms with Gasteiger partial charge in [0.25, 0.3) is 0 Å². The first kappa shape index (κ1) is 14.2.